The summed E-state index contributed by atoms with van der Waals surface area (Å²) in [6.45, 7) is 4.77. The van der Waals surface area contributed by atoms with Gasteiger partial charge in [0.15, 0.2) is 0 Å². The molecule has 1 aliphatic rings. The van der Waals surface area contributed by atoms with Gasteiger partial charge >= 0.3 is 0 Å². The fourth-order valence-electron chi connectivity index (χ4n) is 4.29. The largest absolute Gasteiger partial charge is 0.507 e. The summed E-state index contributed by atoms with van der Waals surface area (Å²) < 4.78 is 5.18. The minimum Gasteiger partial charge on any atom is -0.507 e. The molecule has 1 N–H and O–H groups in total. The summed E-state index contributed by atoms with van der Waals surface area (Å²) in [7, 11) is 1.55. The molecule has 1 saturated heterocycles. The average Bonchev–Trinajstić information content (AvgIpc) is 3.06. The maximum atomic E-state index is 13.1. The Hall–Kier alpha value is -3.44. The molecule has 5 nitrogen and oxygen atoms in total. The molecule has 0 saturated carbocycles. The maximum Gasteiger partial charge on any atom is 0.295 e. The topological polar surface area (TPSA) is 66.8 Å². The molecule has 0 aromatic heterocycles. The molecule has 1 unspecified atom stereocenters. The number of fused-ring (bicyclic) bond motifs is 1. The van der Waals surface area contributed by atoms with Gasteiger partial charge in [-0.25, -0.2) is 0 Å². The van der Waals surface area contributed by atoms with Gasteiger partial charge < -0.3 is 14.7 Å². The molecule has 164 valence electrons. The van der Waals surface area contributed by atoms with Crippen molar-refractivity contribution in [1.82, 2.24) is 4.90 Å². The van der Waals surface area contributed by atoms with Gasteiger partial charge in [0, 0.05) is 19.2 Å². The number of aliphatic hydroxyl groups excluding tert-OH is 1. The highest BCUT2D eigenvalue weighted by atomic mass is 16.5. The fourth-order valence-corrected chi connectivity index (χ4v) is 4.29. The summed E-state index contributed by atoms with van der Waals surface area (Å²) >= 11 is 0. The zero-order valence-electron chi connectivity index (χ0n) is 18.5. The predicted molar refractivity (Wildman–Crippen MR) is 125 cm³/mol. The van der Waals surface area contributed by atoms with Crippen molar-refractivity contribution in [3.05, 3.63) is 89.0 Å². The van der Waals surface area contributed by atoms with E-state index in [4.69, 9.17) is 4.74 Å². The Kier molecular flexibility index (Phi) is 6.10. The van der Waals surface area contributed by atoms with Crippen LogP contribution in [-0.4, -0.2) is 42.0 Å². The number of ketones is 1. The Morgan fingerprint density at radius 3 is 2.38 bits per heavy atom. The van der Waals surface area contributed by atoms with Crippen LogP contribution in [0.5, 0.6) is 0 Å². The van der Waals surface area contributed by atoms with E-state index in [-0.39, 0.29) is 17.9 Å². The summed E-state index contributed by atoms with van der Waals surface area (Å²) in [5.74, 6) is -1.09. The molecular formula is C27H27NO4. The van der Waals surface area contributed by atoms with Crippen molar-refractivity contribution in [1.29, 1.82) is 0 Å². The lowest BCUT2D eigenvalue weighted by Gasteiger charge is -2.25. The van der Waals surface area contributed by atoms with Gasteiger partial charge in [0.2, 0.25) is 0 Å². The number of aliphatic hydroxyl groups is 1. The van der Waals surface area contributed by atoms with E-state index in [0.717, 1.165) is 21.9 Å². The Morgan fingerprint density at radius 2 is 1.69 bits per heavy atom. The van der Waals surface area contributed by atoms with E-state index in [1.807, 2.05) is 60.7 Å². The van der Waals surface area contributed by atoms with E-state index in [9.17, 15) is 14.7 Å². The first-order chi connectivity index (χ1) is 15.4. The lowest BCUT2D eigenvalue weighted by atomic mass is 9.92. The van der Waals surface area contributed by atoms with Crippen LogP contribution in [0.4, 0.5) is 0 Å². The Morgan fingerprint density at radius 1 is 1.00 bits per heavy atom. The Balaban J connectivity index is 1.90. The molecule has 4 rings (SSSR count). The number of hydrogen-bond donors (Lipinski definition) is 1. The van der Waals surface area contributed by atoms with Crippen molar-refractivity contribution in [2.45, 2.75) is 25.8 Å². The van der Waals surface area contributed by atoms with Crippen LogP contribution in [0, 0.1) is 0 Å². The smallest absolute Gasteiger partial charge is 0.295 e. The van der Waals surface area contributed by atoms with Crippen molar-refractivity contribution >= 4 is 28.2 Å². The van der Waals surface area contributed by atoms with Crippen LogP contribution in [0.2, 0.25) is 0 Å². The highest BCUT2D eigenvalue weighted by Crippen LogP contribution is 2.40. The molecule has 0 aliphatic carbocycles. The third-order valence-electron chi connectivity index (χ3n) is 6.04. The lowest BCUT2D eigenvalue weighted by molar-refractivity contribution is -0.140. The molecule has 0 radical (unpaired) electrons. The average molecular weight is 430 g/mol. The molecular weight excluding hydrogens is 402 g/mol. The minimum atomic E-state index is -0.676. The molecule has 3 aromatic rings. The second-order valence-corrected chi connectivity index (χ2v) is 8.33. The standard InChI is InChI=1S/C27H27NO4/c1-17(2)18-11-13-20(14-12-18)24-23(26(30)27(31)28(24)15-16-32-3)25(29)22-10-6-8-19-7-4-5-9-21(19)22/h4-14,17,24,29H,15-16H2,1-3H3/b25-23-. The van der Waals surface area contributed by atoms with Gasteiger partial charge in [-0.1, -0.05) is 80.6 Å². The summed E-state index contributed by atoms with van der Waals surface area (Å²) in [5, 5.41) is 13.1. The summed E-state index contributed by atoms with van der Waals surface area (Å²) in [4.78, 5) is 27.6. The fraction of sp³-hybridized carbons (Fsp3) is 0.259. The second-order valence-electron chi connectivity index (χ2n) is 8.33. The number of amides is 1. The number of carbonyl (C=O) groups is 2. The monoisotopic (exact) mass is 429 g/mol. The number of carbonyl (C=O) groups excluding carboxylic acids is 2. The van der Waals surface area contributed by atoms with Crippen LogP contribution in [-0.2, 0) is 14.3 Å². The van der Waals surface area contributed by atoms with E-state index in [2.05, 4.69) is 13.8 Å². The molecule has 32 heavy (non-hydrogen) atoms. The number of likely N-dealkylation sites (tertiary alicyclic amines) is 1. The van der Waals surface area contributed by atoms with Crippen LogP contribution < -0.4 is 0 Å². The summed E-state index contributed by atoms with van der Waals surface area (Å²) in [5.41, 5.74) is 2.60. The Labute approximate surface area is 187 Å². The summed E-state index contributed by atoms with van der Waals surface area (Å²) in [6.07, 6.45) is 0. The number of benzene rings is 3. The lowest BCUT2D eigenvalue weighted by Crippen LogP contribution is -2.32. The molecule has 1 amide bonds. The van der Waals surface area contributed by atoms with Crippen LogP contribution in [0.25, 0.3) is 16.5 Å². The van der Waals surface area contributed by atoms with Gasteiger partial charge in [0.1, 0.15) is 5.76 Å². The zero-order valence-corrected chi connectivity index (χ0v) is 18.5. The van der Waals surface area contributed by atoms with Gasteiger partial charge in [0.05, 0.1) is 18.2 Å². The maximum absolute atomic E-state index is 13.1. The van der Waals surface area contributed by atoms with Gasteiger partial charge in [-0.2, -0.15) is 0 Å². The van der Waals surface area contributed by atoms with Gasteiger partial charge in [-0.3, -0.25) is 9.59 Å². The van der Waals surface area contributed by atoms with E-state index in [1.54, 1.807) is 13.2 Å². The molecule has 1 fully saturated rings. The predicted octanol–water partition coefficient (Wildman–Crippen LogP) is 5.03. The zero-order chi connectivity index (χ0) is 22.8. The minimum absolute atomic E-state index is 0.111. The first-order valence-electron chi connectivity index (χ1n) is 10.8. The molecule has 0 bridgehead atoms. The van der Waals surface area contributed by atoms with Crippen molar-refractivity contribution in [2.24, 2.45) is 0 Å². The quantitative estimate of drug-likeness (QED) is 0.339. The number of rotatable bonds is 6. The van der Waals surface area contributed by atoms with Crippen LogP contribution in [0.3, 0.4) is 0 Å². The number of hydrogen-bond acceptors (Lipinski definition) is 4. The van der Waals surface area contributed by atoms with E-state index < -0.39 is 17.7 Å². The van der Waals surface area contributed by atoms with Crippen molar-refractivity contribution in [3.63, 3.8) is 0 Å². The number of nitrogens with zero attached hydrogens (tertiary/aromatic N) is 1. The Bertz CT molecular complexity index is 1190. The number of Topliss-reactive ketones (excluding diaryl/α,β-unsaturated/α-hetero) is 1. The van der Waals surface area contributed by atoms with Crippen molar-refractivity contribution < 1.29 is 19.4 Å². The van der Waals surface area contributed by atoms with Crippen LogP contribution in [0.15, 0.2) is 72.3 Å². The molecule has 1 heterocycles. The van der Waals surface area contributed by atoms with E-state index in [0.29, 0.717) is 18.1 Å². The number of ether oxygens (including phenoxy) is 1. The van der Waals surface area contributed by atoms with Gasteiger partial charge in [0.25, 0.3) is 11.7 Å². The van der Waals surface area contributed by atoms with E-state index >= 15 is 0 Å². The number of methoxy groups -OCH3 is 1. The molecule has 0 spiro atoms. The highest BCUT2D eigenvalue weighted by molar-refractivity contribution is 6.46. The molecule has 3 aromatic carbocycles. The first-order valence-corrected chi connectivity index (χ1v) is 10.8. The first kappa shape index (κ1) is 21.8. The van der Waals surface area contributed by atoms with E-state index in [1.165, 1.54) is 4.90 Å². The van der Waals surface area contributed by atoms with Gasteiger partial charge in [-0.05, 0) is 27.8 Å². The highest BCUT2D eigenvalue weighted by Gasteiger charge is 2.46. The molecule has 1 atom stereocenters. The molecule has 1 aliphatic heterocycles. The van der Waals surface area contributed by atoms with Gasteiger partial charge in [-0.15, -0.1) is 0 Å². The van der Waals surface area contributed by atoms with Crippen LogP contribution in [0.1, 0.15) is 42.5 Å². The normalized spacial score (nSPS) is 18.1. The third kappa shape index (κ3) is 3.80. The second kappa shape index (κ2) is 8.97. The third-order valence-corrected chi connectivity index (χ3v) is 6.04. The SMILES string of the molecule is COCCN1C(=O)C(=O)/C(=C(\O)c2cccc3ccccc23)C1c1ccc(C(C)C)cc1. The molecule has 5 heteroatoms. The van der Waals surface area contributed by atoms with Crippen LogP contribution >= 0.6 is 0 Å². The summed E-state index contributed by atoms with van der Waals surface area (Å²) in [6, 6.07) is 20.4. The van der Waals surface area contributed by atoms with Crippen molar-refractivity contribution in [2.75, 3.05) is 20.3 Å². The van der Waals surface area contributed by atoms with Crippen molar-refractivity contribution in [3.8, 4) is 0 Å².